The van der Waals surface area contributed by atoms with E-state index in [2.05, 4.69) is 26.1 Å². The predicted octanol–water partition coefficient (Wildman–Crippen LogP) is 1.11. The van der Waals surface area contributed by atoms with Gasteiger partial charge in [-0.3, -0.25) is 0 Å². The third-order valence-electron chi connectivity index (χ3n) is 2.91. The highest BCUT2D eigenvalue weighted by Crippen LogP contribution is 2.37. The van der Waals surface area contributed by atoms with Gasteiger partial charge >= 0.3 is 0 Å². The maximum Gasteiger partial charge on any atom is 0.0332 e. The third kappa shape index (κ3) is 1.57. The minimum Gasteiger partial charge on any atom is -0.329 e. The molecule has 0 heterocycles. The van der Waals surface area contributed by atoms with E-state index in [1.54, 1.807) is 0 Å². The van der Waals surface area contributed by atoms with E-state index in [-0.39, 0.29) is 5.54 Å². The van der Waals surface area contributed by atoms with Gasteiger partial charge in [-0.15, -0.1) is 0 Å². The van der Waals surface area contributed by atoms with Gasteiger partial charge in [-0.25, -0.2) is 0 Å². The number of rotatable bonds is 3. The van der Waals surface area contributed by atoms with Gasteiger partial charge in [-0.1, -0.05) is 20.8 Å². The van der Waals surface area contributed by atoms with Gasteiger partial charge in [0, 0.05) is 18.1 Å². The molecule has 11 heavy (non-hydrogen) atoms. The first kappa shape index (κ1) is 9.01. The van der Waals surface area contributed by atoms with Crippen LogP contribution in [-0.2, 0) is 0 Å². The van der Waals surface area contributed by atoms with E-state index < -0.39 is 0 Å². The fourth-order valence-electron chi connectivity index (χ4n) is 1.93. The lowest BCUT2D eigenvalue weighted by Gasteiger charge is -2.49. The van der Waals surface area contributed by atoms with Crippen LogP contribution in [-0.4, -0.2) is 18.1 Å². The van der Waals surface area contributed by atoms with E-state index in [4.69, 9.17) is 5.73 Å². The van der Waals surface area contributed by atoms with Crippen LogP contribution in [0.4, 0.5) is 0 Å². The molecule has 1 saturated carbocycles. The number of nitrogens with two attached hydrogens (primary N) is 1. The summed E-state index contributed by atoms with van der Waals surface area (Å²) in [6.07, 6.45) is 2.58. The van der Waals surface area contributed by atoms with Gasteiger partial charge in [0.2, 0.25) is 0 Å². The van der Waals surface area contributed by atoms with Crippen molar-refractivity contribution in [2.24, 2.45) is 11.7 Å². The highest BCUT2D eigenvalue weighted by atomic mass is 15.0. The normalized spacial score (nSPS) is 37.4. The molecule has 2 unspecified atom stereocenters. The second-order valence-corrected chi connectivity index (χ2v) is 4.10. The predicted molar refractivity (Wildman–Crippen MR) is 48.5 cm³/mol. The zero-order chi connectivity index (χ0) is 8.48. The van der Waals surface area contributed by atoms with Crippen molar-refractivity contribution in [2.45, 2.75) is 45.2 Å². The summed E-state index contributed by atoms with van der Waals surface area (Å²) in [6, 6.07) is 0.557. The van der Waals surface area contributed by atoms with Gasteiger partial charge in [0.05, 0.1) is 0 Å². The van der Waals surface area contributed by atoms with Gasteiger partial charge in [0.15, 0.2) is 0 Å². The molecular formula is C9H20N2. The smallest absolute Gasteiger partial charge is 0.0332 e. The lowest BCUT2D eigenvalue weighted by molar-refractivity contribution is 0.0951. The Bertz CT molecular complexity index is 130. The minimum absolute atomic E-state index is 0.272. The molecule has 0 amide bonds. The molecule has 0 bridgehead atoms. The molecule has 2 heteroatoms. The molecule has 1 aliphatic rings. The van der Waals surface area contributed by atoms with Crippen molar-refractivity contribution in [3.8, 4) is 0 Å². The van der Waals surface area contributed by atoms with Gasteiger partial charge in [0.1, 0.15) is 0 Å². The molecule has 1 rings (SSSR count). The molecule has 0 aliphatic heterocycles. The Morgan fingerprint density at radius 2 is 2.27 bits per heavy atom. The van der Waals surface area contributed by atoms with Crippen LogP contribution in [0.15, 0.2) is 0 Å². The number of hydrogen-bond donors (Lipinski definition) is 2. The van der Waals surface area contributed by atoms with E-state index in [1.807, 2.05) is 0 Å². The third-order valence-corrected chi connectivity index (χ3v) is 2.91. The molecule has 0 aromatic rings. The molecule has 2 atom stereocenters. The molecular weight excluding hydrogens is 136 g/mol. The largest absolute Gasteiger partial charge is 0.329 e. The number of nitrogens with one attached hydrogen (secondary N) is 1. The van der Waals surface area contributed by atoms with E-state index in [0.717, 1.165) is 12.5 Å². The van der Waals surface area contributed by atoms with E-state index in [9.17, 15) is 0 Å². The van der Waals surface area contributed by atoms with Crippen LogP contribution in [0.5, 0.6) is 0 Å². The molecule has 1 fully saturated rings. The van der Waals surface area contributed by atoms with Crippen molar-refractivity contribution in [1.29, 1.82) is 0 Å². The minimum atomic E-state index is 0.272. The molecule has 0 spiro atoms. The Balaban J connectivity index is 2.47. The maximum atomic E-state index is 5.74. The highest BCUT2D eigenvalue weighted by Gasteiger charge is 2.42. The highest BCUT2D eigenvalue weighted by molar-refractivity contribution is 5.02. The fourth-order valence-corrected chi connectivity index (χ4v) is 1.93. The lowest BCUT2D eigenvalue weighted by Crippen LogP contribution is -2.63. The monoisotopic (exact) mass is 156 g/mol. The van der Waals surface area contributed by atoms with Crippen molar-refractivity contribution >= 4 is 0 Å². The second kappa shape index (κ2) is 3.11. The van der Waals surface area contributed by atoms with Gasteiger partial charge in [-0.2, -0.15) is 0 Å². The summed E-state index contributed by atoms with van der Waals surface area (Å²) < 4.78 is 0. The topological polar surface area (TPSA) is 38.0 Å². The summed E-state index contributed by atoms with van der Waals surface area (Å²) >= 11 is 0. The van der Waals surface area contributed by atoms with E-state index >= 15 is 0 Å². The second-order valence-electron chi connectivity index (χ2n) is 4.10. The Labute approximate surface area is 69.5 Å². The molecule has 0 saturated heterocycles. The van der Waals surface area contributed by atoms with Crippen LogP contribution in [0, 0.1) is 5.92 Å². The zero-order valence-electron chi connectivity index (χ0n) is 7.85. The lowest BCUT2D eigenvalue weighted by atomic mass is 9.67. The average Bonchev–Trinajstić information content (AvgIpc) is 1.96. The summed E-state index contributed by atoms with van der Waals surface area (Å²) in [7, 11) is 0. The number of hydrogen-bond acceptors (Lipinski definition) is 2. The summed E-state index contributed by atoms with van der Waals surface area (Å²) in [4.78, 5) is 0. The molecule has 2 nitrogen and oxygen atoms in total. The molecule has 1 aliphatic carbocycles. The van der Waals surface area contributed by atoms with Crippen molar-refractivity contribution in [3.63, 3.8) is 0 Å². The van der Waals surface area contributed by atoms with Crippen LogP contribution in [0.2, 0.25) is 0 Å². The Hall–Kier alpha value is -0.0800. The van der Waals surface area contributed by atoms with Crippen molar-refractivity contribution < 1.29 is 0 Å². The summed E-state index contributed by atoms with van der Waals surface area (Å²) in [5, 5.41) is 3.57. The molecule has 0 aromatic heterocycles. The van der Waals surface area contributed by atoms with Crippen molar-refractivity contribution in [2.75, 3.05) is 6.54 Å². The SMILES string of the molecule is CC(C)NC1(CN)CCC1C. The van der Waals surface area contributed by atoms with Crippen LogP contribution >= 0.6 is 0 Å². The Morgan fingerprint density at radius 3 is 2.36 bits per heavy atom. The van der Waals surface area contributed by atoms with Crippen molar-refractivity contribution in [1.82, 2.24) is 5.32 Å². The maximum absolute atomic E-state index is 5.74. The molecule has 3 N–H and O–H groups in total. The van der Waals surface area contributed by atoms with Crippen LogP contribution in [0.3, 0.4) is 0 Å². The Morgan fingerprint density at radius 1 is 1.64 bits per heavy atom. The van der Waals surface area contributed by atoms with Crippen LogP contribution in [0.25, 0.3) is 0 Å². The molecule has 66 valence electrons. The first-order valence-corrected chi connectivity index (χ1v) is 4.58. The van der Waals surface area contributed by atoms with Gasteiger partial charge in [0.25, 0.3) is 0 Å². The van der Waals surface area contributed by atoms with Crippen molar-refractivity contribution in [3.05, 3.63) is 0 Å². The van der Waals surface area contributed by atoms with Gasteiger partial charge in [-0.05, 0) is 18.8 Å². The van der Waals surface area contributed by atoms with E-state index in [1.165, 1.54) is 12.8 Å². The summed E-state index contributed by atoms with van der Waals surface area (Å²) in [5.41, 5.74) is 6.02. The fraction of sp³-hybridized carbons (Fsp3) is 1.00. The van der Waals surface area contributed by atoms with Gasteiger partial charge < -0.3 is 11.1 Å². The van der Waals surface area contributed by atoms with Crippen LogP contribution in [0.1, 0.15) is 33.6 Å². The molecule has 0 aromatic carbocycles. The quantitative estimate of drug-likeness (QED) is 0.642. The summed E-state index contributed by atoms with van der Waals surface area (Å²) in [5.74, 6) is 0.759. The summed E-state index contributed by atoms with van der Waals surface area (Å²) in [6.45, 7) is 7.43. The standard InChI is InChI=1S/C9H20N2/c1-7(2)11-9(6-10)5-4-8(9)3/h7-8,11H,4-6,10H2,1-3H3. The first-order chi connectivity index (χ1) is 5.10. The zero-order valence-corrected chi connectivity index (χ0v) is 7.85. The van der Waals surface area contributed by atoms with E-state index in [0.29, 0.717) is 6.04 Å². The van der Waals surface area contributed by atoms with Crippen LogP contribution < -0.4 is 11.1 Å². The Kier molecular flexibility index (Phi) is 2.55. The first-order valence-electron chi connectivity index (χ1n) is 4.58. The molecule has 0 radical (unpaired) electrons. The average molecular weight is 156 g/mol.